The van der Waals surface area contributed by atoms with Gasteiger partial charge in [0, 0.05) is 13.6 Å². The van der Waals surface area contributed by atoms with Crippen molar-refractivity contribution in [1.29, 1.82) is 0 Å². The monoisotopic (exact) mass is 215 g/mol. The fourth-order valence-electron chi connectivity index (χ4n) is 1.12. The third kappa shape index (κ3) is 2.26. The second-order valence-electron chi connectivity index (χ2n) is 3.50. The molecule has 0 radical (unpaired) electrons. The molecule has 4 nitrogen and oxygen atoms in total. The first kappa shape index (κ1) is 11.0. The van der Waals surface area contributed by atoms with Crippen LogP contribution >= 0.6 is 11.6 Å². The molecule has 0 saturated carbocycles. The van der Waals surface area contributed by atoms with Crippen LogP contribution in [0, 0.1) is 5.92 Å². The van der Waals surface area contributed by atoms with Gasteiger partial charge in [-0.25, -0.2) is 4.68 Å². The Morgan fingerprint density at radius 1 is 1.64 bits per heavy atom. The van der Waals surface area contributed by atoms with Crippen LogP contribution in [-0.4, -0.2) is 16.8 Å². The summed E-state index contributed by atoms with van der Waals surface area (Å²) in [6, 6.07) is 0. The maximum absolute atomic E-state index is 11.6. The lowest BCUT2D eigenvalue weighted by Crippen LogP contribution is -2.25. The Bertz CT molecular complexity index is 373. The molecule has 0 aliphatic heterocycles. The van der Waals surface area contributed by atoms with Crippen molar-refractivity contribution in [3.05, 3.63) is 21.6 Å². The molecule has 0 unspecified atom stereocenters. The molecule has 0 aromatic carbocycles. The number of hydrogen-bond donors (Lipinski definition) is 1. The van der Waals surface area contributed by atoms with E-state index in [4.69, 9.17) is 11.6 Å². The molecule has 5 heteroatoms. The Morgan fingerprint density at radius 3 is 2.79 bits per heavy atom. The molecule has 1 heterocycles. The Hall–Kier alpha value is -1.03. The minimum atomic E-state index is -0.243. The second-order valence-corrected chi connectivity index (χ2v) is 3.88. The SMILES string of the molecule is CNc1cnn(CC(C)C)c(=O)c1Cl. The van der Waals surface area contributed by atoms with Gasteiger partial charge in [0.1, 0.15) is 5.02 Å². The van der Waals surface area contributed by atoms with E-state index in [1.165, 1.54) is 4.68 Å². The normalized spacial score (nSPS) is 10.6. The molecule has 1 aromatic heterocycles. The maximum atomic E-state index is 11.6. The van der Waals surface area contributed by atoms with Gasteiger partial charge in [-0.3, -0.25) is 4.79 Å². The van der Waals surface area contributed by atoms with Crippen molar-refractivity contribution in [2.24, 2.45) is 5.92 Å². The first-order valence-electron chi connectivity index (χ1n) is 4.49. The van der Waals surface area contributed by atoms with E-state index in [1.807, 2.05) is 13.8 Å². The van der Waals surface area contributed by atoms with E-state index in [-0.39, 0.29) is 10.6 Å². The molecule has 1 rings (SSSR count). The van der Waals surface area contributed by atoms with Crippen LogP contribution in [0.1, 0.15) is 13.8 Å². The average Bonchev–Trinajstić information content (AvgIpc) is 2.13. The molecule has 0 saturated heterocycles. The topological polar surface area (TPSA) is 46.9 Å². The third-order valence-electron chi connectivity index (χ3n) is 1.79. The minimum absolute atomic E-state index is 0.197. The van der Waals surface area contributed by atoms with Gasteiger partial charge in [0.25, 0.3) is 5.56 Å². The van der Waals surface area contributed by atoms with E-state index in [2.05, 4.69) is 10.4 Å². The average molecular weight is 216 g/mol. The molecule has 0 aliphatic carbocycles. The summed E-state index contributed by atoms with van der Waals surface area (Å²) in [5.74, 6) is 0.372. The zero-order valence-corrected chi connectivity index (χ0v) is 9.30. The number of aromatic nitrogens is 2. The van der Waals surface area contributed by atoms with E-state index in [1.54, 1.807) is 13.2 Å². The summed E-state index contributed by atoms with van der Waals surface area (Å²) >= 11 is 5.85. The van der Waals surface area contributed by atoms with Crippen LogP contribution in [0.2, 0.25) is 5.02 Å². The number of halogens is 1. The lowest BCUT2D eigenvalue weighted by atomic mass is 10.2. The van der Waals surface area contributed by atoms with Gasteiger partial charge in [-0.05, 0) is 5.92 Å². The molecule has 1 N–H and O–H groups in total. The van der Waals surface area contributed by atoms with E-state index in [0.717, 1.165) is 0 Å². The van der Waals surface area contributed by atoms with Crippen molar-refractivity contribution in [2.45, 2.75) is 20.4 Å². The highest BCUT2D eigenvalue weighted by atomic mass is 35.5. The zero-order valence-electron chi connectivity index (χ0n) is 8.54. The fraction of sp³-hybridized carbons (Fsp3) is 0.556. The molecule has 0 spiro atoms. The number of rotatable bonds is 3. The predicted molar refractivity (Wildman–Crippen MR) is 57.9 cm³/mol. The molecule has 0 atom stereocenters. The van der Waals surface area contributed by atoms with E-state index >= 15 is 0 Å². The highest BCUT2D eigenvalue weighted by Crippen LogP contribution is 2.13. The second kappa shape index (κ2) is 4.46. The quantitative estimate of drug-likeness (QED) is 0.833. The molecular formula is C9H14ClN3O. The molecule has 0 fully saturated rings. The summed E-state index contributed by atoms with van der Waals surface area (Å²) in [6.45, 7) is 4.63. The summed E-state index contributed by atoms with van der Waals surface area (Å²) in [5.41, 5.74) is 0.323. The number of nitrogens with zero attached hydrogens (tertiary/aromatic N) is 2. The molecule has 1 aromatic rings. The lowest BCUT2D eigenvalue weighted by molar-refractivity contribution is 0.464. The summed E-state index contributed by atoms with van der Waals surface area (Å²) in [6.07, 6.45) is 1.56. The van der Waals surface area contributed by atoms with E-state index in [0.29, 0.717) is 18.2 Å². The smallest absolute Gasteiger partial charge is 0.287 e. The van der Waals surface area contributed by atoms with Crippen molar-refractivity contribution >= 4 is 17.3 Å². The molecule has 14 heavy (non-hydrogen) atoms. The van der Waals surface area contributed by atoms with Crippen molar-refractivity contribution in [3.8, 4) is 0 Å². The van der Waals surface area contributed by atoms with Gasteiger partial charge in [-0.1, -0.05) is 25.4 Å². The van der Waals surface area contributed by atoms with Gasteiger partial charge in [-0.2, -0.15) is 5.10 Å². The molecule has 78 valence electrons. The Labute approximate surface area is 87.9 Å². The fourth-order valence-corrected chi connectivity index (χ4v) is 1.36. The molecule has 0 amide bonds. The molecule has 0 aliphatic rings. The van der Waals surface area contributed by atoms with Gasteiger partial charge in [0.2, 0.25) is 0 Å². The number of hydrogen-bond acceptors (Lipinski definition) is 3. The van der Waals surface area contributed by atoms with Crippen LogP contribution in [0.5, 0.6) is 0 Å². The maximum Gasteiger partial charge on any atom is 0.287 e. The summed E-state index contributed by atoms with van der Waals surface area (Å²) in [4.78, 5) is 11.6. The van der Waals surface area contributed by atoms with Crippen molar-refractivity contribution in [3.63, 3.8) is 0 Å². The van der Waals surface area contributed by atoms with Gasteiger partial charge < -0.3 is 5.32 Å². The van der Waals surface area contributed by atoms with Gasteiger partial charge >= 0.3 is 0 Å². The largest absolute Gasteiger partial charge is 0.385 e. The van der Waals surface area contributed by atoms with Crippen LogP contribution < -0.4 is 10.9 Å². The highest BCUT2D eigenvalue weighted by Gasteiger charge is 2.08. The van der Waals surface area contributed by atoms with Gasteiger partial charge in [0.15, 0.2) is 0 Å². The lowest BCUT2D eigenvalue weighted by Gasteiger charge is -2.09. The van der Waals surface area contributed by atoms with Crippen LogP contribution in [0.3, 0.4) is 0 Å². The van der Waals surface area contributed by atoms with Crippen molar-refractivity contribution in [1.82, 2.24) is 9.78 Å². The van der Waals surface area contributed by atoms with Crippen LogP contribution in [0.25, 0.3) is 0 Å². The molecule has 0 bridgehead atoms. The van der Waals surface area contributed by atoms with Crippen LogP contribution in [-0.2, 0) is 6.54 Å². The standard InChI is InChI=1S/C9H14ClN3O/c1-6(2)5-13-9(14)8(10)7(11-3)4-12-13/h4,6,11H,5H2,1-3H3. The van der Waals surface area contributed by atoms with Crippen molar-refractivity contribution in [2.75, 3.05) is 12.4 Å². The summed E-state index contributed by atoms with van der Waals surface area (Å²) in [5, 5.41) is 7.01. The first-order valence-corrected chi connectivity index (χ1v) is 4.87. The van der Waals surface area contributed by atoms with Crippen LogP contribution in [0.4, 0.5) is 5.69 Å². The summed E-state index contributed by atoms with van der Waals surface area (Å²) < 4.78 is 1.38. The van der Waals surface area contributed by atoms with E-state index in [9.17, 15) is 4.79 Å². The molecular weight excluding hydrogens is 202 g/mol. The number of nitrogens with one attached hydrogen (secondary N) is 1. The van der Waals surface area contributed by atoms with E-state index < -0.39 is 0 Å². The first-order chi connectivity index (χ1) is 6.56. The minimum Gasteiger partial charge on any atom is -0.385 e. The highest BCUT2D eigenvalue weighted by molar-refractivity contribution is 6.32. The Kier molecular flexibility index (Phi) is 3.52. The van der Waals surface area contributed by atoms with Crippen LogP contribution in [0.15, 0.2) is 11.0 Å². The van der Waals surface area contributed by atoms with Crippen molar-refractivity contribution < 1.29 is 0 Å². The Morgan fingerprint density at radius 2 is 2.29 bits per heavy atom. The Balaban J connectivity index is 3.11. The third-order valence-corrected chi connectivity index (χ3v) is 2.16. The van der Waals surface area contributed by atoms with Gasteiger partial charge in [-0.15, -0.1) is 0 Å². The predicted octanol–water partition coefficient (Wildman–Crippen LogP) is 1.59. The number of anilines is 1. The van der Waals surface area contributed by atoms with Gasteiger partial charge in [0.05, 0.1) is 11.9 Å². The zero-order chi connectivity index (χ0) is 10.7. The summed E-state index contributed by atoms with van der Waals surface area (Å²) in [7, 11) is 1.70.